The molecule has 2 rings (SSSR count). The van der Waals surface area contributed by atoms with Gasteiger partial charge in [0.1, 0.15) is 6.54 Å². The van der Waals surface area contributed by atoms with Gasteiger partial charge in [-0.3, -0.25) is 14.3 Å². The van der Waals surface area contributed by atoms with Crippen LogP contribution in [0.15, 0.2) is 24.3 Å². The molecule has 0 unspecified atom stereocenters. The molecule has 0 saturated carbocycles. The Morgan fingerprint density at radius 3 is 2.68 bits per heavy atom. The van der Waals surface area contributed by atoms with E-state index in [2.05, 4.69) is 22.7 Å². The number of nitrogens with one attached hydrogen (secondary N) is 2. The number of hydrogen-bond donors (Lipinski definition) is 3. The van der Waals surface area contributed by atoms with Crippen LogP contribution in [-0.4, -0.2) is 39.9 Å². The van der Waals surface area contributed by atoms with E-state index in [0.29, 0.717) is 17.8 Å². The van der Waals surface area contributed by atoms with Crippen LogP contribution in [0.4, 0.5) is 5.69 Å². The van der Waals surface area contributed by atoms with Gasteiger partial charge in [-0.15, -0.1) is 0 Å². The minimum Gasteiger partial charge on any atom is -0.480 e. The number of rotatable bonds is 8. The van der Waals surface area contributed by atoms with E-state index in [-0.39, 0.29) is 12.5 Å². The lowest BCUT2D eigenvalue weighted by Gasteiger charge is -2.08. The van der Waals surface area contributed by atoms with E-state index in [1.807, 2.05) is 18.5 Å². The maximum atomic E-state index is 12.3. The largest absolute Gasteiger partial charge is 0.480 e. The molecule has 1 heterocycles. The molecule has 1 amide bonds. The number of amides is 1. The van der Waals surface area contributed by atoms with Crippen LogP contribution in [0.3, 0.4) is 0 Å². The van der Waals surface area contributed by atoms with Crippen molar-refractivity contribution in [2.24, 2.45) is 0 Å². The predicted octanol–water partition coefficient (Wildman–Crippen LogP) is 1.99. The average Bonchev–Trinajstić information content (AvgIpc) is 2.87. The second-order valence-electron chi connectivity index (χ2n) is 5.80. The molecule has 1 aromatic carbocycles. The minimum absolute atomic E-state index is 0.183. The van der Waals surface area contributed by atoms with Gasteiger partial charge in [-0.1, -0.05) is 6.07 Å². The Balaban J connectivity index is 1.93. The number of carboxylic acids is 1. The van der Waals surface area contributed by atoms with Crippen molar-refractivity contribution in [3.8, 4) is 0 Å². The summed E-state index contributed by atoms with van der Waals surface area (Å²) < 4.78 is 1.96. The van der Waals surface area contributed by atoms with Gasteiger partial charge in [-0.25, -0.2) is 0 Å². The molecule has 0 aliphatic heterocycles. The van der Waals surface area contributed by atoms with Crippen molar-refractivity contribution in [1.82, 2.24) is 15.1 Å². The SMILES string of the molecule is CCn1nc(C)c(CCNC(=O)c2cccc(NCC(=O)O)c2)c1C. The molecule has 0 bridgehead atoms. The second kappa shape index (κ2) is 8.32. The van der Waals surface area contributed by atoms with E-state index in [4.69, 9.17) is 5.11 Å². The first-order chi connectivity index (χ1) is 11.9. The Morgan fingerprint density at radius 1 is 1.28 bits per heavy atom. The summed E-state index contributed by atoms with van der Waals surface area (Å²) in [5.74, 6) is -1.13. The summed E-state index contributed by atoms with van der Waals surface area (Å²) in [5, 5.41) is 18.8. The minimum atomic E-state index is -0.951. The number of aryl methyl sites for hydroxylation is 2. The summed E-state index contributed by atoms with van der Waals surface area (Å²) in [6, 6.07) is 6.79. The lowest BCUT2D eigenvalue weighted by atomic mass is 10.1. The van der Waals surface area contributed by atoms with Gasteiger partial charge in [0, 0.05) is 30.0 Å². The van der Waals surface area contributed by atoms with Gasteiger partial charge in [0.05, 0.1) is 5.69 Å². The summed E-state index contributed by atoms with van der Waals surface area (Å²) in [4.78, 5) is 22.9. The molecule has 1 aromatic heterocycles. The molecule has 3 N–H and O–H groups in total. The third-order valence-corrected chi connectivity index (χ3v) is 4.06. The van der Waals surface area contributed by atoms with Gasteiger partial charge in [0.2, 0.25) is 0 Å². The molecule has 2 aromatic rings. The van der Waals surface area contributed by atoms with E-state index in [9.17, 15) is 9.59 Å². The molecule has 7 nitrogen and oxygen atoms in total. The van der Waals surface area contributed by atoms with Gasteiger partial charge in [-0.2, -0.15) is 5.10 Å². The first-order valence-electron chi connectivity index (χ1n) is 8.29. The Labute approximate surface area is 147 Å². The number of hydrogen-bond acceptors (Lipinski definition) is 4. The van der Waals surface area contributed by atoms with Crippen LogP contribution >= 0.6 is 0 Å². The summed E-state index contributed by atoms with van der Waals surface area (Å²) in [6.07, 6.45) is 0.723. The van der Waals surface area contributed by atoms with Gasteiger partial charge < -0.3 is 15.7 Å². The molecule has 0 fully saturated rings. The van der Waals surface area contributed by atoms with Gasteiger partial charge in [0.25, 0.3) is 5.91 Å². The highest BCUT2D eigenvalue weighted by atomic mass is 16.4. The van der Waals surface area contributed by atoms with Crippen molar-refractivity contribution in [1.29, 1.82) is 0 Å². The first-order valence-corrected chi connectivity index (χ1v) is 8.29. The first kappa shape index (κ1) is 18.5. The van der Waals surface area contributed by atoms with Crippen molar-refractivity contribution in [2.45, 2.75) is 33.7 Å². The van der Waals surface area contributed by atoms with E-state index in [1.54, 1.807) is 24.3 Å². The number of benzene rings is 1. The number of carboxylic acid groups (broad SMARTS) is 1. The van der Waals surface area contributed by atoms with Crippen molar-refractivity contribution in [2.75, 3.05) is 18.4 Å². The van der Waals surface area contributed by atoms with Crippen LogP contribution in [-0.2, 0) is 17.8 Å². The quantitative estimate of drug-likeness (QED) is 0.680. The fourth-order valence-corrected chi connectivity index (χ4v) is 2.75. The van der Waals surface area contributed by atoms with Crippen molar-refractivity contribution >= 4 is 17.6 Å². The standard InChI is InChI=1S/C18H24N4O3/c1-4-22-13(3)16(12(2)21-22)8-9-19-18(25)14-6-5-7-15(10-14)20-11-17(23)24/h5-7,10,20H,4,8-9,11H2,1-3H3,(H,19,25)(H,23,24). The van der Waals surface area contributed by atoms with E-state index in [0.717, 1.165) is 24.4 Å². The smallest absolute Gasteiger partial charge is 0.322 e. The fourth-order valence-electron chi connectivity index (χ4n) is 2.75. The summed E-state index contributed by atoms with van der Waals surface area (Å²) in [6.45, 7) is 7.23. The van der Waals surface area contributed by atoms with Gasteiger partial charge in [-0.05, 0) is 51.0 Å². The van der Waals surface area contributed by atoms with Gasteiger partial charge in [0.15, 0.2) is 0 Å². The predicted molar refractivity (Wildman–Crippen MR) is 96.0 cm³/mol. The molecule has 0 aliphatic carbocycles. The monoisotopic (exact) mass is 344 g/mol. The number of aliphatic carboxylic acids is 1. The molecule has 0 radical (unpaired) electrons. The highest BCUT2D eigenvalue weighted by Gasteiger charge is 2.11. The van der Waals surface area contributed by atoms with Crippen LogP contribution in [0.5, 0.6) is 0 Å². The van der Waals surface area contributed by atoms with Crippen LogP contribution in [0.25, 0.3) is 0 Å². The molecular formula is C18H24N4O3. The summed E-state index contributed by atoms with van der Waals surface area (Å²) in [5.41, 5.74) is 4.39. The highest BCUT2D eigenvalue weighted by Crippen LogP contribution is 2.14. The Morgan fingerprint density at radius 2 is 2.04 bits per heavy atom. The second-order valence-corrected chi connectivity index (χ2v) is 5.80. The highest BCUT2D eigenvalue weighted by molar-refractivity contribution is 5.95. The topological polar surface area (TPSA) is 96.3 Å². The molecule has 0 spiro atoms. The Hall–Kier alpha value is -2.83. The van der Waals surface area contributed by atoms with E-state index in [1.165, 1.54) is 5.56 Å². The Bertz CT molecular complexity index is 768. The lowest BCUT2D eigenvalue weighted by molar-refractivity contribution is -0.134. The van der Waals surface area contributed by atoms with Crippen LogP contribution in [0.1, 0.15) is 34.2 Å². The maximum Gasteiger partial charge on any atom is 0.322 e. The zero-order valence-corrected chi connectivity index (χ0v) is 14.8. The molecular weight excluding hydrogens is 320 g/mol. The summed E-state index contributed by atoms with van der Waals surface area (Å²) in [7, 11) is 0. The Kier molecular flexibility index (Phi) is 6.16. The fraction of sp³-hybridized carbons (Fsp3) is 0.389. The zero-order valence-electron chi connectivity index (χ0n) is 14.8. The van der Waals surface area contributed by atoms with E-state index >= 15 is 0 Å². The molecule has 0 aliphatic rings. The normalized spacial score (nSPS) is 10.5. The zero-order chi connectivity index (χ0) is 18.4. The lowest BCUT2D eigenvalue weighted by Crippen LogP contribution is -2.26. The molecule has 25 heavy (non-hydrogen) atoms. The van der Waals surface area contributed by atoms with Gasteiger partial charge >= 0.3 is 5.97 Å². The van der Waals surface area contributed by atoms with Crippen molar-refractivity contribution in [3.63, 3.8) is 0 Å². The number of anilines is 1. The van der Waals surface area contributed by atoms with Crippen LogP contribution in [0.2, 0.25) is 0 Å². The van der Waals surface area contributed by atoms with E-state index < -0.39 is 5.97 Å². The summed E-state index contributed by atoms with van der Waals surface area (Å²) >= 11 is 0. The maximum absolute atomic E-state index is 12.3. The van der Waals surface area contributed by atoms with Crippen LogP contribution in [0, 0.1) is 13.8 Å². The van der Waals surface area contributed by atoms with Crippen molar-refractivity contribution in [3.05, 3.63) is 46.8 Å². The third kappa shape index (κ3) is 4.82. The average molecular weight is 344 g/mol. The third-order valence-electron chi connectivity index (χ3n) is 4.06. The molecule has 0 saturated heterocycles. The number of aromatic nitrogens is 2. The number of nitrogens with zero attached hydrogens (tertiary/aromatic N) is 2. The number of carbonyl (C=O) groups excluding carboxylic acids is 1. The number of carbonyl (C=O) groups is 2. The van der Waals surface area contributed by atoms with Crippen LogP contribution < -0.4 is 10.6 Å². The van der Waals surface area contributed by atoms with Crippen molar-refractivity contribution < 1.29 is 14.7 Å². The molecule has 0 atom stereocenters. The molecule has 7 heteroatoms. The molecule has 134 valence electrons.